The Hall–Kier alpha value is -0.440. The van der Waals surface area contributed by atoms with Crippen molar-refractivity contribution in [1.82, 2.24) is 0 Å². The molecule has 0 heterocycles. The molecule has 0 aliphatic heterocycles. The first-order chi connectivity index (χ1) is 5.91. The average Bonchev–Trinajstić information content (AvgIpc) is 2.12. The first-order valence-corrected chi connectivity index (χ1v) is 3.47. The Bertz CT molecular complexity index is 176. The van der Waals surface area contributed by atoms with Crippen LogP contribution >= 0.6 is 12.4 Å². The first-order valence-electron chi connectivity index (χ1n) is 3.47. The Balaban J connectivity index is 0. The third-order valence-electron chi connectivity index (χ3n) is 1.51. The Morgan fingerprint density at radius 2 is 1.50 bits per heavy atom. The molecule has 0 unspecified atom stereocenters. The van der Waals surface area contributed by atoms with Crippen molar-refractivity contribution in [2.45, 2.75) is 24.4 Å². The lowest BCUT2D eigenvalue weighted by Gasteiger charge is -2.23. The van der Waals surface area contributed by atoms with Gasteiger partial charge >= 0.3 is 5.97 Å². The van der Waals surface area contributed by atoms with Gasteiger partial charge in [-0.25, -0.2) is 4.79 Å². The van der Waals surface area contributed by atoms with Crippen LogP contribution in [-0.4, -0.2) is 67.6 Å². The third-order valence-corrected chi connectivity index (χ3v) is 1.51. The summed E-state index contributed by atoms with van der Waals surface area (Å²) < 4.78 is 0. The molecule has 0 spiro atoms. The number of hydrogen-bond donors (Lipinski definition) is 6. The van der Waals surface area contributed by atoms with Crippen LogP contribution in [-0.2, 0) is 4.79 Å². The Morgan fingerprint density at radius 3 is 1.79 bits per heavy atom. The number of rotatable bonds is 5. The van der Waals surface area contributed by atoms with Gasteiger partial charge in [-0.2, -0.15) is 0 Å². The molecule has 14 heavy (non-hydrogen) atoms. The maximum Gasteiger partial charge on any atom is 0.335 e. The molecule has 4 atom stereocenters. The molecule has 0 radical (unpaired) electrons. The van der Waals surface area contributed by atoms with E-state index in [4.69, 9.17) is 30.6 Å². The van der Waals surface area contributed by atoms with E-state index >= 15 is 0 Å². The zero-order valence-electron chi connectivity index (χ0n) is 7.02. The number of aliphatic hydroxyl groups is 5. The molecule has 0 aliphatic carbocycles. The summed E-state index contributed by atoms with van der Waals surface area (Å²) in [6.07, 6.45) is -7.84. The summed E-state index contributed by atoms with van der Waals surface area (Å²) in [5, 5.41) is 51.8. The van der Waals surface area contributed by atoms with Crippen LogP contribution < -0.4 is 0 Å². The van der Waals surface area contributed by atoms with E-state index in [1.165, 1.54) is 0 Å². The lowest BCUT2D eigenvalue weighted by atomic mass is 10.0. The lowest BCUT2D eigenvalue weighted by Crippen LogP contribution is -2.48. The molecule has 0 aromatic heterocycles. The van der Waals surface area contributed by atoms with E-state index in [0.717, 1.165) is 0 Å². The van der Waals surface area contributed by atoms with E-state index in [2.05, 4.69) is 0 Å². The van der Waals surface area contributed by atoms with Gasteiger partial charge in [0, 0.05) is 0 Å². The second kappa shape index (κ2) is 6.93. The van der Waals surface area contributed by atoms with Gasteiger partial charge in [-0.15, -0.1) is 12.4 Å². The number of hydrogen-bond acceptors (Lipinski definition) is 6. The van der Waals surface area contributed by atoms with E-state index in [9.17, 15) is 4.79 Å². The average molecular weight is 233 g/mol. The van der Waals surface area contributed by atoms with E-state index < -0.39 is 37.0 Å². The molecule has 0 aromatic carbocycles. The van der Waals surface area contributed by atoms with Crippen LogP contribution in [0.25, 0.3) is 0 Å². The van der Waals surface area contributed by atoms with Crippen molar-refractivity contribution in [3.63, 3.8) is 0 Å². The number of carboxylic acid groups (broad SMARTS) is 1. The fourth-order valence-corrected chi connectivity index (χ4v) is 0.668. The molecule has 0 fully saturated rings. The maximum absolute atomic E-state index is 10.1. The number of carbonyl (C=O) groups is 1. The van der Waals surface area contributed by atoms with E-state index in [-0.39, 0.29) is 12.4 Å². The number of aliphatic carboxylic acids is 1. The highest BCUT2D eigenvalue weighted by Crippen LogP contribution is 2.04. The van der Waals surface area contributed by atoms with Gasteiger partial charge in [-0.05, 0) is 0 Å². The van der Waals surface area contributed by atoms with Crippen molar-refractivity contribution >= 4 is 18.4 Å². The van der Waals surface area contributed by atoms with Crippen molar-refractivity contribution < 1.29 is 35.4 Å². The minimum Gasteiger partial charge on any atom is -0.479 e. The molecular formula is C6H13ClO7. The summed E-state index contributed by atoms with van der Waals surface area (Å²) in [7, 11) is 0. The largest absolute Gasteiger partial charge is 0.479 e. The van der Waals surface area contributed by atoms with Crippen molar-refractivity contribution in [3.05, 3.63) is 0 Å². The van der Waals surface area contributed by atoms with Crippen LogP contribution in [0.2, 0.25) is 0 Å². The van der Waals surface area contributed by atoms with E-state index in [1.807, 2.05) is 0 Å². The number of carboxylic acids is 1. The summed E-state index contributed by atoms with van der Waals surface area (Å²) >= 11 is 0. The van der Waals surface area contributed by atoms with Crippen LogP contribution in [0.4, 0.5) is 0 Å². The normalized spacial score (nSPS) is 18.9. The molecule has 0 aromatic rings. The molecule has 7 nitrogen and oxygen atoms in total. The Labute approximate surface area is 85.6 Å². The SMILES string of the molecule is Cl.O=C(O)[C@H](O)[C@@H](O)[C@H](O)[C@H](O)CO. The molecule has 8 heteroatoms. The zero-order chi connectivity index (χ0) is 10.6. The number of aliphatic hydroxyl groups excluding tert-OH is 5. The van der Waals surface area contributed by atoms with Crippen LogP contribution in [0, 0.1) is 0 Å². The number of halogens is 1. The third kappa shape index (κ3) is 4.18. The highest BCUT2D eigenvalue weighted by atomic mass is 35.5. The summed E-state index contributed by atoms with van der Waals surface area (Å²) in [4.78, 5) is 10.1. The Morgan fingerprint density at radius 1 is 1.07 bits per heavy atom. The molecule has 86 valence electrons. The van der Waals surface area contributed by atoms with Gasteiger partial charge in [0.2, 0.25) is 0 Å². The smallest absolute Gasteiger partial charge is 0.335 e. The monoisotopic (exact) mass is 232 g/mol. The molecule has 0 saturated carbocycles. The van der Waals surface area contributed by atoms with Crippen molar-refractivity contribution in [2.24, 2.45) is 0 Å². The predicted octanol–water partition coefficient (Wildman–Crippen LogP) is -3.07. The second-order valence-corrected chi connectivity index (χ2v) is 2.51. The maximum atomic E-state index is 10.1. The topological polar surface area (TPSA) is 138 Å². The molecule has 6 N–H and O–H groups in total. The minimum absolute atomic E-state index is 0. The highest BCUT2D eigenvalue weighted by molar-refractivity contribution is 5.85. The van der Waals surface area contributed by atoms with E-state index in [0.29, 0.717) is 0 Å². The van der Waals surface area contributed by atoms with Crippen LogP contribution in [0.15, 0.2) is 0 Å². The van der Waals surface area contributed by atoms with Gasteiger partial charge in [-0.3, -0.25) is 0 Å². The lowest BCUT2D eigenvalue weighted by molar-refractivity contribution is -0.164. The summed E-state index contributed by atoms with van der Waals surface area (Å²) in [6, 6.07) is 0. The predicted molar refractivity (Wildman–Crippen MR) is 46.0 cm³/mol. The minimum atomic E-state index is -2.20. The van der Waals surface area contributed by atoms with E-state index in [1.54, 1.807) is 0 Å². The molecule has 0 rings (SSSR count). The quantitative estimate of drug-likeness (QED) is 0.296. The molecule has 0 amide bonds. The fraction of sp³-hybridized carbons (Fsp3) is 0.833. The molecule has 0 bridgehead atoms. The van der Waals surface area contributed by atoms with Crippen molar-refractivity contribution in [3.8, 4) is 0 Å². The van der Waals surface area contributed by atoms with Gasteiger partial charge in [-0.1, -0.05) is 0 Å². The van der Waals surface area contributed by atoms with Crippen LogP contribution in [0.3, 0.4) is 0 Å². The summed E-state index contributed by atoms with van der Waals surface area (Å²) in [6.45, 7) is -0.843. The summed E-state index contributed by atoms with van der Waals surface area (Å²) in [5.74, 6) is -1.73. The van der Waals surface area contributed by atoms with Crippen LogP contribution in [0.5, 0.6) is 0 Å². The molecule has 0 aliphatic rings. The standard InChI is InChI=1S/C6H12O7.ClH/c7-1-2(8)3(9)4(10)5(11)6(12)13;/h2-5,7-11H,1H2,(H,12,13);1H/t2-,3-,4+,5-;/m1./s1. The fourth-order valence-electron chi connectivity index (χ4n) is 0.668. The van der Waals surface area contributed by atoms with Crippen molar-refractivity contribution in [1.29, 1.82) is 0 Å². The highest BCUT2D eigenvalue weighted by Gasteiger charge is 2.33. The van der Waals surface area contributed by atoms with Crippen LogP contribution in [0.1, 0.15) is 0 Å². The van der Waals surface area contributed by atoms with Gasteiger partial charge in [0.05, 0.1) is 6.61 Å². The van der Waals surface area contributed by atoms with Gasteiger partial charge < -0.3 is 30.6 Å². The summed E-state index contributed by atoms with van der Waals surface area (Å²) in [5.41, 5.74) is 0. The molecular weight excluding hydrogens is 220 g/mol. The van der Waals surface area contributed by atoms with Gasteiger partial charge in [0.25, 0.3) is 0 Å². The van der Waals surface area contributed by atoms with Crippen molar-refractivity contribution in [2.75, 3.05) is 6.61 Å². The van der Waals surface area contributed by atoms with Gasteiger partial charge in [0.15, 0.2) is 6.10 Å². The van der Waals surface area contributed by atoms with Gasteiger partial charge in [0.1, 0.15) is 18.3 Å². The first kappa shape index (κ1) is 16.0. The second-order valence-electron chi connectivity index (χ2n) is 2.51. The molecule has 0 saturated heterocycles. The Kier molecular flexibility index (Phi) is 7.93. The zero-order valence-corrected chi connectivity index (χ0v) is 7.83.